The number of piperazine rings is 1. The van der Waals surface area contributed by atoms with Gasteiger partial charge in [-0.05, 0) is 31.2 Å². The number of anilines is 1. The van der Waals surface area contributed by atoms with E-state index in [2.05, 4.69) is 9.88 Å². The number of hydrogen-bond donors (Lipinski definition) is 1. The molecule has 1 aromatic carbocycles. The van der Waals surface area contributed by atoms with E-state index in [9.17, 15) is 18.3 Å². The monoisotopic (exact) mass is 395 g/mol. The van der Waals surface area contributed by atoms with Gasteiger partial charge in [0.1, 0.15) is 24.3 Å². The number of aryl methyl sites for hydroxylation is 1. The Bertz CT molecular complexity index is 743. The number of alkyl halides is 3. The summed E-state index contributed by atoms with van der Waals surface area (Å²) in [6.45, 7) is 5.38. The Kier molecular flexibility index (Phi) is 6.41. The van der Waals surface area contributed by atoms with Crippen molar-refractivity contribution in [2.24, 2.45) is 0 Å². The summed E-state index contributed by atoms with van der Waals surface area (Å²) >= 11 is 0. The number of benzene rings is 1. The van der Waals surface area contributed by atoms with Gasteiger partial charge in [-0.3, -0.25) is 4.90 Å². The lowest BCUT2D eigenvalue weighted by Gasteiger charge is -2.36. The molecule has 2 heterocycles. The van der Waals surface area contributed by atoms with Crippen LogP contribution >= 0.6 is 0 Å². The average Bonchev–Trinajstić information content (AvgIpc) is 2.68. The van der Waals surface area contributed by atoms with Crippen molar-refractivity contribution in [2.75, 3.05) is 44.2 Å². The average molecular weight is 395 g/mol. The van der Waals surface area contributed by atoms with Crippen molar-refractivity contribution < 1.29 is 23.0 Å². The van der Waals surface area contributed by atoms with Crippen molar-refractivity contribution >= 4 is 5.82 Å². The molecule has 3 rings (SSSR count). The maximum absolute atomic E-state index is 12.6. The summed E-state index contributed by atoms with van der Waals surface area (Å²) in [5.74, 6) is 1.26. The number of halogens is 3. The molecular weight excluding hydrogens is 371 g/mol. The molecule has 1 N–H and O–H groups in total. The van der Waals surface area contributed by atoms with E-state index in [4.69, 9.17) is 4.74 Å². The van der Waals surface area contributed by atoms with E-state index in [1.165, 1.54) is 6.07 Å². The highest BCUT2D eigenvalue weighted by Gasteiger charge is 2.31. The van der Waals surface area contributed by atoms with Gasteiger partial charge in [0.2, 0.25) is 0 Å². The van der Waals surface area contributed by atoms with E-state index in [1.54, 1.807) is 0 Å². The second-order valence-electron chi connectivity index (χ2n) is 6.97. The van der Waals surface area contributed by atoms with Gasteiger partial charge in [0.25, 0.3) is 0 Å². The third-order valence-corrected chi connectivity index (χ3v) is 4.70. The number of ether oxygens (including phenoxy) is 1. The highest BCUT2D eigenvalue weighted by atomic mass is 19.4. The van der Waals surface area contributed by atoms with Crippen LogP contribution in [0, 0.1) is 6.92 Å². The predicted molar refractivity (Wildman–Crippen MR) is 101 cm³/mol. The molecule has 1 aliphatic heterocycles. The molecular formula is C20H24F3N3O2. The Balaban J connectivity index is 1.42. The molecule has 0 saturated carbocycles. The summed E-state index contributed by atoms with van der Waals surface area (Å²) in [6, 6.07) is 10.1. The van der Waals surface area contributed by atoms with Gasteiger partial charge in [0.05, 0.1) is 5.56 Å². The number of aromatic nitrogens is 1. The molecule has 1 aromatic heterocycles. The Morgan fingerprint density at radius 2 is 1.75 bits per heavy atom. The molecule has 1 saturated heterocycles. The highest BCUT2D eigenvalue weighted by Crippen LogP contribution is 2.29. The van der Waals surface area contributed by atoms with E-state index in [0.29, 0.717) is 38.5 Å². The number of hydrogen-bond acceptors (Lipinski definition) is 5. The quantitative estimate of drug-likeness (QED) is 0.815. The summed E-state index contributed by atoms with van der Waals surface area (Å²) in [7, 11) is 0. The number of β-amino-alcohol motifs (C(OH)–C–C–N with tert-alkyl or cyclic N) is 1. The summed E-state index contributed by atoms with van der Waals surface area (Å²) in [5, 5.41) is 10.2. The minimum absolute atomic E-state index is 0.212. The molecule has 152 valence electrons. The Morgan fingerprint density at radius 1 is 1.07 bits per heavy atom. The molecule has 28 heavy (non-hydrogen) atoms. The van der Waals surface area contributed by atoms with Crippen molar-refractivity contribution in [1.29, 1.82) is 0 Å². The van der Waals surface area contributed by atoms with Crippen molar-refractivity contribution in [3.05, 3.63) is 53.7 Å². The summed E-state index contributed by atoms with van der Waals surface area (Å²) < 4.78 is 43.5. The van der Waals surface area contributed by atoms with Crippen LogP contribution in [0.25, 0.3) is 0 Å². The minimum atomic E-state index is -4.37. The standard InChI is InChI=1S/C20H24F3N3O2/c1-15-2-5-18(6-3-15)28-14-17(27)13-25-8-10-26(11-9-25)19-7-4-16(12-24-19)20(21,22)23/h2-7,12,17,27H,8-11,13-14H2,1H3. The number of pyridine rings is 1. The molecule has 1 aliphatic rings. The normalized spacial score (nSPS) is 16.8. The molecule has 0 spiro atoms. The smallest absolute Gasteiger partial charge is 0.417 e. The van der Waals surface area contributed by atoms with E-state index in [0.717, 1.165) is 23.6 Å². The largest absolute Gasteiger partial charge is 0.491 e. The molecule has 8 heteroatoms. The minimum Gasteiger partial charge on any atom is -0.491 e. The predicted octanol–water partition coefficient (Wildman–Crippen LogP) is 2.97. The van der Waals surface area contributed by atoms with Gasteiger partial charge in [-0.1, -0.05) is 17.7 Å². The van der Waals surface area contributed by atoms with E-state index >= 15 is 0 Å². The fraction of sp³-hybridized carbons (Fsp3) is 0.450. The van der Waals surface area contributed by atoms with Gasteiger partial charge >= 0.3 is 6.18 Å². The fourth-order valence-electron chi connectivity index (χ4n) is 3.08. The van der Waals surface area contributed by atoms with Crippen LogP contribution in [0.2, 0.25) is 0 Å². The summed E-state index contributed by atoms with van der Waals surface area (Å²) in [6.07, 6.45) is -4.12. The number of nitrogens with zero attached hydrogens (tertiary/aromatic N) is 3. The van der Waals surface area contributed by atoms with Crippen LogP contribution in [0.1, 0.15) is 11.1 Å². The van der Waals surface area contributed by atoms with Crippen LogP contribution in [0.15, 0.2) is 42.6 Å². The zero-order chi connectivity index (χ0) is 20.1. The molecule has 1 fully saturated rings. The number of aliphatic hydroxyl groups is 1. The first-order chi connectivity index (χ1) is 13.3. The molecule has 0 radical (unpaired) electrons. The van der Waals surface area contributed by atoms with Crippen molar-refractivity contribution in [3.8, 4) is 5.75 Å². The van der Waals surface area contributed by atoms with Gasteiger partial charge in [-0.15, -0.1) is 0 Å². The maximum atomic E-state index is 12.6. The Hall–Kier alpha value is -2.32. The van der Waals surface area contributed by atoms with Gasteiger partial charge in [-0.2, -0.15) is 13.2 Å². The fourth-order valence-corrected chi connectivity index (χ4v) is 3.08. The first-order valence-corrected chi connectivity index (χ1v) is 9.19. The number of aliphatic hydroxyl groups excluding tert-OH is 1. The molecule has 2 aromatic rings. The maximum Gasteiger partial charge on any atom is 0.417 e. The molecule has 0 aliphatic carbocycles. The van der Waals surface area contributed by atoms with Gasteiger partial charge < -0.3 is 14.7 Å². The van der Waals surface area contributed by atoms with Crippen molar-refractivity contribution in [3.63, 3.8) is 0 Å². The van der Waals surface area contributed by atoms with Crippen molar-refractivity contribution in [2.45, 2.75) is 19.2 Å². The molecule has 0 bridgehead atoms. The molecule has 5 nitrogen and oxygen atoms in total. The Morgan fingerprint density at radius 3 is 2.32 bits per heavy atom. The molecule has 1 unspecified atom stereocenters. The van der Waals surface area contributed by atoms with Gasteiger partial charge in [-0.25, -0.2) is 4.98 Å². The zero-order valence-electron chi connectivity index (χ0n) is 15.7. The second-order valence-corrected chi connectivity index (χ2v) is 6.97. The van der Waals surface area contributed by atoms with Crippen LogP contribution < -0.4 is 9.64 Å². The van der Waals surface area contributed by atoms with Crippen LogP contribution in [-0.4, -0.2) is 60.4 Å². The number of rotatable bonds is 6. The molecule has 0 amide bonds. The first-order valence-electron chi connectivity index (χ1n) is 9.19. The van der Waals surface area contributed by atoms with E-state index in [1.807, 2.05) is 36.1 Å². The SMILES string of the molecule is Cc1ccc(OCC(O)CN2CCN(c3ccc(C(F)(F)F)cn3)CC2)cc1. The first kappa shape index (κ1) is 20.4. The Labute approximate surface area is 162 Å². The van der Waals surface area contributed by atoms with Crippen molar-refractivity contribution in [1.82, 2.24) is 9.88 Å². The summed E-state index contributed by atoms with van der Waals surface area (Å²) in [5.41, 5.74) is 0.403. The highest BCUT2D eigenvalue weighted by molar-refractivity contribution is 5.40. The zero-order valence-corrected chi connectivity index (χ0v) is 15.7. The van der Waals surface area contributed by atoms with E-state index < -0.39 is 17.8 Å². The van der Waals surface area contributed by atoms with E-state index in [-0.39, 0.29) is 6.61 Å². The van der Waals surface area contributed by atoms with Crippen LogP contribution in [-0.2, 0) is 6.18 Å². The third kappa shape index (κ3) is 5.59. The third-order valence-electron chi connectivity index (χ3n) is 4.70. The topological polar surface area (TPSA) is 48.8 Å². The molecule has 1 atom stereocenters. The van der Waals surface area contributed by atoms with Crippen LogP contribution in [0.4, 0.5) is 19.0 Å². The second kappa shape index (κ2) is 8.79. The lowest BCUT2D eigenvalue weighted by molar-refractivity contribution is -0.137. The van der Waals surface area contributed by atoms with Crippen LogP contribution in [0.5, 0.6) is 5.75 Å². The van der Waals surface area contributed by atoms with Gasteiger partial charge in [0.15, 0.2) is 0 Å². The van der Waals surface area contributed by atoms with Gasteiger partial charge in [0, 0.05) is 38.9 Å². The lowest BCUT2D eigenvalue weighted by atomic mass is 10.2. The lowest BCUT2D eigenvalue weighted by Crippen LogP contribution is -2.49. The van der Waals surface area contributed by atoms with Crippen LogP contribution in [0.3, 0.4) is 0 Å². The summed E-state index contributed by atoms with van der Waals surface area (Å²) in [4.78, 5) is 8.01.